The predicted octanol–water partition coefficient (Wildman–Crippen LogP) is 2.13. The van der Waals surface area contributed by atoms with Crippen LogP contribution in [0.5, 0.6) is 0 Å². The van der Waals surface area contributed by atoms with Gasteiger partial charge < -0.3 is 9.64 Å². The van der Waals surface area contributed by atoms with E-state index in [1.165, 1.54) is 16.4 Å². The molecule has 0 bridgehead atoms. The fourth-order valence-electron chi connectivity index (χ4n) is 3.95. The maximum atomic E-state index is 13.1. The molecule has 1 saturated carbocycles. The highest BCUT2D eigenvalue weighted by Crippen LogP contribution is 2.39. The van der Waals surface area contributed by atoms with Crippen LogP contribution in [0.25, 0.3) is 0 Å². The Morgan fingerprint density at radius 1 is 1.23 bits per heavy atom. The second-order valence-electron chi connectivity index (χ2n) is 7.51. The van der Waals surface area contributed by atoms with Crippen molar-refractivity contribution in [2.24, 2.45) is 5.92 Å². The monoisotopic (exact) mass is 398 g/mol. The molecule has 1 amide bonds. The van der Waals surface area contributed by atoms with Gasteiger partial charge in [-0.15, -0.1) is 0 Å². The number of ether oxygens (including phenoxy) is 1. The van der Waals surface area contributed by atoms with Gasteiger partial charge in [0.05, 0.1) is 17.0 Å². The Morgan fingerprint density at radius 2 is 1.96 bits per heavy atom. The molecule has 0 radical (unpaired) electrons. The van der Waals surface area contributed by atoms with Crippen molar-refractivity contribution in [3.05, 3.63) is 29.3 Å². The lowest BCUT2D eigenvalue weighted by atomic mass is 9.85. The average Bonchev–Trinajstić information content (AvgIpc) is 3.43. The van der Waals surface area contributed by atoms with Crippen LogP contribution in [0, 0.1) is 5.92 Å². The molecule has 3 fully saturated rings. The first kappa shape index (κ1) is 18.2. The van der Waals surface area contributed by atoms with Crippen LogP contribution in [0.1, 0.15) is 25.7 Å². The zero-order valence-corrected chi connectivity index (χ0v) is 16.1. The van der Waals surface area contributed by atoms with Gasteiger partial charge in [0.1, 0.15) is 0 Å². The van der Waals surface area contributed by atoms with Crippen molar-refractivity contribution in [2.75, 3.05) is 32.8 Å². The summed E-state index contributed by atoms with van der Waals surface area (Å²) in [5.41, 5.74) is -0.457. The van der Waals surface area contributed by atoms with E-state index < -0.39 is 15.6 Å². The van der Waals surface area contributed by atoms with Gasteiger partial charge in [0.2, 0.25) is 15.9 Å². The standard InChI is InChI=1S/C18H23ClN2O4S/c19-15-2-1-3-16(10-15)26(23,24)20-12-17(22)21(11-14-4-5-14)18(13-20)6-8-25-9-7-18/h1-3,10,14H,4-9,11-13H2. The quantitative estimate of drug-likeness (QED) is 0.779. The van der Waals surface area contributed by atoms with Crippen LogP contribution in [0.3, 0.4) is 0 Å². The summed E-state index contributed by atoms with van der Waals surface area (Å²) in [4.78, 5) is 15.0. The third-order valence-electron chi connectivity index (χ3n) is 5.65. The van der Waals surface area contributed by atoms with Crippen LogP contribution in [0.2, 0.25) is 5.02 Å². The Morgan fingerprint density at radius 3 is 2.62 bits per heavy atom. The van der Waals surface area contributed by atoms with Crippen molar-refractivity contribution in [2.45, 2.75) is 36.1 Å². The van der Waals surface area contributed by atoms with E-state index in [4.69, 9.17) is 16.3 Å². The van der Waals surface area contributed by atoms with Gasteiger partial charge in [0.15, 0.2) is 0 Å². The SMILES string of the molecule is O=C1CN(S(=O)(=O)c2cccc(Cl)c2)CC2(CCOCC2)N1CC1CC1. The molecule has 2 saturated heterocycles. The number of amides is 1. The summed E-state index contributed by atoms with van der Waals surface area (Å²) < 4.78 is 33.1. The predicted molar refractivity (Wildman–Crippen MR) is 97.4 cm³/mol. The Hall–Kier alpha value is -1.15. The van der Waals surface area contributed by atoms with Crippen LogP contribution in [0.15, 0.2) is 29.2 Å². The molecular formula is C18H23ClN2O4S. The van der Waals surface area contributed by atoms with Gasteiger partial charge in [-0.05, 0) is 49.8 Å². The number of sulfonamides is 1. The van der Waals surface area contributed by atoms with E-state index in [2.05, 4.69) is 0 Å². The number of hydrogen-bond donors (Lipinski definition) is 0. The fourth-order valence-corrected chi connectivity index (χ4v) is 5.72. The number of hydrogen-bond acceptors (Lipinski definition) is 4. The van der Waals surface area contributed by atoms with Crippen molar-refractivity contribution in [3.63, 3.8) is 0 Å². The minimum Gasteiger partial charge on any atom is -0.381 e. The van der Waals surface area contributed by atoms with Gasteiger partial charge in [-0.1, -0.05) is 17.7 Å². The van der Waals surface area contributed by atoms with Crippen molar-refractivity contribution >= 4 is 27.5 Å². The van der Waals surface area contributed by atoms with E-state index in [1.54, 1.807) is 12.1 Å². The first-order chi connectivity index (χ1) is 12.4. The molecule has 8 heteroatoms. The summed E-state index contributed by atoms with van der Waals surface area (Å²) >= 11 is 5.97. The number of nitrogens with zero attached hydrogens (tertiary/aromatic N) is 2. The normalized spacial score (nSPS) is 24.2. The van der Waals surface area contributed by atoms with E-state index in [0.717, 1.165) is 19.4 Å². The second-order valence-corrected chi connectivity index (χ2v) is 9.89. The van der Waals surface area contributed by atoms with Gasteiger partial charge >= 0.3 is 0 Å². The van der Waals surface area contributed by atoms with Crippen LogP contribution in [-0.2, 0) is 19.6 Å². The number of halogens is 1. The number of rotatable bonds is 4. The fraction of sp³-hybridized carbons (Fsp3) is 0.611. The van der Waals surface area contributed by atoms with Crippen molar-refractivity contribution in [1.82, 2.24) is 9.21 Å². The minimum absolute atomic E-state index is 0.101. The van der Waals surface area contributed by atoms with E-state index >= 15 is 0 Å². The van der Waals surface area contributed by atoms with Gasteiger partial charge in [0, 0.05) is 31.3 Å². The maximum absolute atomic E-state index is 13.1. The van der Waals surface area contributed by atoms with E-state index in [1.807, 2.05) is 4.90 Å². The van der Waals surface area contributed by atoms with Crippen LogP contribution in [0.4, 0.5) is 0 Å². The lowest BCUT2D eigenvalue weighted by Gasteiger charge is -2.52. The molecule has 0 unspecified atom stereocenters. The van der Waals surface area contributed by atoms with E-state index in [0.29, 0.717) is 43.5 Å². The Labute approximate surface area is 159 Å². The Balaban J connectivity index is 1.65. The van der Waals surface area contributed by atoms with Crippen LogP contribution < -0.4 is 0 Å². The molecule has 0 atom stereocenters. The van der Waals surface area contributed by atoms with Crippen LogP contribution in [-0.4, -0.2) is 61.9 Å². The molecule has 1 aromatic carbocycles. The lowest BCUT2D eigenvalue weighted by Crippen LogP contribution is -2.67. The topological polar surface area (TPSA) is 66.9 Å². The first-order valence-corrected chi connectivity index (χ1v) is 10.9. The van der Waals surface area contributed by atoms with Gasteiger partial charge in [-0.2, -0.15) is 4.31 Å². The molecule has 1 aliphatic carbocycles. The molecule has 6 nitrogen and oxygen atoms in total. The summed E-state index contributed by atoms with van der Waals surface area (Å²) in [6.07, 6.45) is 3.65. The highest BCUT2D eigenvalue weighted by atomic mass is 35.5. The van der Waals surface area contributed by atoms with E-state index in [-0.39, 0.29) is 17.3 Å². The lowest BCUT2D eigenvalue weighted by molar-refractivity contribution is -0.150. The molecular weight excluding hydrogens is 376 g/mol. The van der Waals surface area contributed by atoms with Gasteiger partial charge in [0.25, 0.3) is 0 Å². The summed E-state index contributed by atoms with van der Waals surface area (Å²) in [5, 5.41) is 0.366. The van der Waals surface area contributed by atoms with Crippen molar-refractivity contribution < 1.29 is 17.9 Å². The van der Waals surface area contributed by atoms with Crippen molar-refractivity contribution in [1.29, 1.82) is 0 Å². The molecule has 4 rings (SSSR count). The summed E-state index contributed by atoms with van der Waals surface area (Å²) in [6.45, 7) is 2.07. The first-order valence-electron chi connectivity index (χ1n) is 9.05. The largest absolute Gasteiger partial charge is 0.381 e. The van der Waals surface area contributed by atoms with Crippen LogP contribution >= 0.6 is 11.6 Å². The molecule has 3 aliphatic rings. The Bertz CT molecular complexity index is 803. The number of benzene rings is 1. The smallest absolute Gasteiger partial charge is 0.243 e. The summed E-state index contributed by atoms with van der Waals surface area (Å²) in [7, 11) is -3.77. The highest BCUT2D eigenvalue weighted by Gasteiger charge is 2.50. The summed E-state index contributed by atoms with van der Waals surface area (Å²) in [6, 6.07) is 6.22. The third-order valence-corrected chi connectivity index (χ3v) is 7.67. The maximum Gasteiger partial charge on any atom is 0.243 e. The molecule has 142 valence electrons. The van der Waals surface area contributed by atoms with Crippen molar-refractivity contribution in [3.8, 4) is 0 Å². The average molecular weight is 399 g/mol. The molecule has 0 N–H and O–H groups in total. The summed E-state index contributed by atoms with van der Waals surface area (Å²) in [5.74, 6) is 0.463. The number of carbonyl (C=O) groups is 1. The molecule has 26 heavy (non-hydrogen) atoms. The highest BCUT2D eigenvalue weighted by molar-refractivity contribution is 7.89. The Kier molecular flexibility index (Phi) is 4.75. The van der Waals surface area contributed by atoms with Gasteiger partial charge in [-0.3, -0.25) is 4.79 Å². The molecule has 2 heterocycles. The zero-order chi connectivity index (χ0) is 18.4. The number of carbonyl (C=O) groups excluding carboxylic acids is 1. The molecule has 1 aromatic rings. The third kappa shape index (κ3) is 3.38. The second kappa shape index (κ2) is 6.78. The number of piperazine rings is 1. The van der Waals surface area contributed by atoms with E-state index in [9.17, 15) is 13.2 Å². The zero-order valence-electron chi connectivity index (χ0n) is 14.6. The molecule has 2 aliphatic heterocycles. The molecule has 0 aromatic heterocycles. The minimum atomic E-state index is -3.77. The molecule has 1 spiro atoms. The van der Waals surface area contributed by atoms with Gasteiger partial charge in [-0.25, -0.2) is 8.42 Å².